The molecule has 1 unspecified atom stereocenters. The summed E-state index contributed by atoms with van der Waals surface area (Å²) < 4.78 is 28.1. The number of fused-ring (bicyclic) bond motifs is 3. The molecule has 1 aromatic carbocycles. The third kappa shape index (κ3) is 3.84. The van der Waals surface area contributed by atoms with Crippen molar-refractivity contribution in [1.29, 1.82) is 0 Å². The number of carbonyl (C=O) groups is 1. The summed E-state index contributed by atoms with van der Waals surface area (Å²) in [5, 5.41) is 69.0. The number of ether oxygens (including phenoxy) is 5. The molecular formula is C22H26O13. The highest BCUT2D eigenvalue weighted by Crippen LogP contribution is 2.60. The lowest BCUT2D eigenvalue weighted by Gasteiger charge is -2.43. The van der Waals surface area contributed by atoms with Crippen LogP contribution in [0.3, 0.4) is 0 Å². The zero-order chi connectivity index (χ0) is 25.1. The van der Waals surface area contributed by atoms with Crippen LogP contribution in [0.5, 0.6) is 11.5 Å². The molecule has 0 amide bonds. The Morgan fingerprint density at radius 2 is 1.80 bits per heavy atom. The summed E-state index contributed by atoms with van der Waals surface area (Å²) in [5.41, 5.74) is -1.19. The van der Waals surface area contributed by atoms with Crippen LogP contribution < -0.4 is 0 Å². The van der Waals surface area contributed by atoms with Crippen molar-refractivity contribution in [3.05, 3.63) is 36.1 Å². The molecule has 4 aliphatic rings. The SMILES string of the molecule is O=C(O[C@H]1[C@@H]2C=CO[C@@H](OC3O[C@H](CO)[C@@H](O)[C@H](O)[C@H]3O)[C@@H]2[C@@]2(CO)O[C@@H]12)c1ccc(O)c(O)c1. The maximum absolute atomic E-state index is 12.7. The molecule has 1 aliphatic carbocycles. The molecule has 3 aliphatic heterocycles. The third-order valence-electron chi connectivity index (χ3n) is 7.05. The van der Waals surface area contributed by atoms with Crippen molar-refractivity contribution in [3.8, 4) is 11.5 Å². The van der Waals surface area contributed by atoms with Crippen LogP contribution in [0.1, 0.15) is 10.4 Å². The molecule has 0 aromatic heterocycles. The largest absolute Gasteiger partial charge is 0.504 e. The Bertz CT molecular complexity index is 998. The van der Waals surface area contributed by atoms with Gasteiger partial charge in [0, 0.05) is 5.92 Å². The predicted octanol–water partition coefficient (Wildman–Crippen LogP) is -2.31. The first-order valence-electron chi connectivity index (χ1n) is 11.0. The highest BCUT2D eigenvalue weighted by molar-refractivity contribution is 5.90. The van der Waals surface area contributed by atoms with E-state index in [1.165, 1.54) is 12.3 Å². The van der Waals surface area contributed by atoms with Gasteiger partial charge < -0.3 is 59.4 Å². The molecule has 0 bridgehead atoms. The van der Waals surface area contributed by atoms with Gasteiger partial charge in [-0.3, -0.25) is 0 Å². The number of aliphatic hydroxyl groups is 5. The highest BCUT2D eigenvalue weighted by Gasteiger charge is 2.77. The number of aliphatic hydroxyl groups excluding tert-OH is 5. The number of epoxide rings is 1. The summed E-state index contributed by atoms with van der Waals surface area (Å²) in [5.74, 6) is -2.94. The number of aromatic hydroxyl groups is 2. The number of rotatable bonds is 6. The molecule has 13 nitrogen and oxygen atoms in total. The van der Waals surface area contributed by atoms with E-state index in [4.69, 9.17) is 23.7 Å². The number of carbonyl (C=O) groups excluding carboxylic acids is 1. The van der Waals surface area contributed by atoms with Crippen LogP contribution in [0, 0.1) is 11.8 Å². The van der Waals surface area contributed by atoms with E-state index in [0.717, 1.165) is 12.1 Å². The molecule has 11 atom stereocenters. The van der Waals surface area contributed by atoms with Gasteiger partial charge in [-0.05, 0) is 24.3 Å². The number of benzene rings is 1. The fourth-order valence-electron chi connectivity index (χ4n) is 5.13. The fourth-order valence-corrected chi connectivity index (χ4v) is 5.13. The maximum Gasteiger partial charge on any atom is 0.338 e. The zero-order valence-corrected chi connectivity index (χ0v) is 18.2. The molecule has 0 radical (unpaired) electrons. The highest BCUT2D eigenvalue weighted by atomic mass is 16.8. The zero-order valence-electron chi connectivity index (χ0n) is 18.2. The number of esters is 1. The Labute approximate surface area is 198 Å². The smallest absolute Gasteiger partial charge is 0.338 e. The topological polar surface area (TPSA) is 208 Å². The standard InChI is InChI=1S/C22H26O13/c23-6-12-14(27)15(28)16(29)21(32-12)34-20-13-9(3-4-31-20)17(18-22(13,7-24)35-18)33-19(30)8-1-2-10(25)11(26)5-8/h1-5,9,12-18,20-21,23-29H,6-7H2/t9-,12-,13-,14-,15+,16-,17+,18+,20+,21?,22-/m1/s1. The summed E-state index contributed by atoms with van der Waals surface area (Å²) in [6.07, 6.45) is -7.39. The first-order chi connectivity index (χ1) is 16.7. The third-order valence-corrected chi connectivity index (χ3v) is 7.05. The lowest BCUT2D eigenvalue weighted by molar-refractivity contribution is -0.344. The minimum Gasteiger partial charge on any atom is -0.504 e. The molecule has 3 fully saturated rings. The number of hydrogen-bond donors (Lipinski definition) is 7. The Morgan fingerprint density at radius 3 is 2.49 bits per heavy atom. The molecule has 2 saturated heterocycles. The van der Waals surface area contributed by atoms with Crippen molar-refractivity contribution in [1.82, 2.24) is 0 Å². The van der Waals surface area contributed by atoms with Crippen LogP contribution >= 0.6 is 0 Å². The lowest BCUT2D eigenvalue weighted by Crippen LogP contribution is -2.60. The second-order valence-corrected chi connectivity index (χ2v) is 8.99. The molecule has 13 heteroatoms. The van der Waals surface area contributed by atoms with Gasteiger partial charge in [0.2, 0.25) is 6.29 Å². The van der Waals surface area contributed by atoms with Gasteiger partial charge in [-0.1, -0.05) is 0 Å². The molecule has 1 saturated carbocycles. The Morgan fingerprint density at radius 1 is 1.03 bits per heavy atom. The van der Waals surface area contributed by atoms with E-state index in [1.807, 2.05) is 0 Å². The van der Waals surface area contributed by atoms with Crippen molar-refractivity contribution in [3.63, 3.8) is 0 Å². The monoisotopic (exact) mass is 498 g/mol. The van der Waals surface area contributed by atoms with E-state index in [-0.39, 0.29) is 5.56 Å². The van der Waals surface area contributed by atoms with Crippen LogP contribution in [0.2, 0.25) is 0 Å². The lowest BCUT2D eigenvalue weighted by atomic mass is 9.85. The average Bonchev–Trinajstić information content (AvgIpc) is 3.53. The molecule has 192 valence electrons. The molecule has 5 rings (SSSR count). The van der Waals surface area contributed by atoms with Gasteiger partial charge in [0.1, 0.15) is 42.2 Å². The first-order valence-corrected chi connectivity index (χ1v) is 11.0. The first kappa shape index (κ1) is 24.2. The summed E-state index contributed by atoms with van der Waals surface area (Å²) in [7, 11) is 0. The van der Waals surface area contributed by atoms with Crippen molar-refractivity contribution in [2.75, 3.05) is 13.2 Å². The Hall–Kier alpha value is -2.49. The predicted molar refractivity (Wildman–Crippen MR) is 110 cm³/mol. The molecule has 0 spiro atoms. The number of hydrogen-bond acceptors (Lipinski definition) is 13. The normalized spacial score (nSPS) is 43.7. The van der Waals surface area contributed by atoms with Gasteiger partial charge in [0.05, 0.1) is 31.0 Å². The average molecular weight is 498 g/mol. The van der Waals surface area contributed by atoms with Crippen LogP contribution in [-0.2, 0) is 23.7 Å². The van der Waals surface area contributed by atoms with Crippen molar-refractivity contribution in [2.24, 2.45) is 11.8 Å². The summed E-state index contributed by atoms with van der Waals surface area (Å²) in [6, 6.07) is 3.48. The van der Waals surface area contributed by atoms with Crippen molar-refractivity contribution < 1.29 is 64.2 Å². The Balaban J connectivity index is 1.35. The van der Waals surface area contributed by atoms with Gasteiger partial charge in [-0.15, -0.1) is 0 Å². The van der Waals surface area contributed by atoms with E-state index in [9.17, 15) is 40.5 Å². The van der Waals surface area contributed by atoms with E-state index < -0.39 is 97.3 Å². The maximum atomic E-state index is 12.7. The molecule has 35 heavy (non-hydrogen) atoms. The van der Waals surface area contributed by atoms with E-state index in [1.54, 1.807) is 6.08 Å². The summed E-state index contributed by atoms with van der Waals surface area (Å²) in [4.78, 5) is 12.7. The van der Waals surface area contributed by atoms with Crippen molar-refractivity contribution >= 4 is 5.97 Å². The second kappa shape index (κ2) is 8.87. The van der Waals surface area contributed by atoms with Crippen LogP contribution in [0.4, 0.5) is 0 Å². The minimum atomic E-state index is -1.67. The quantitative estimate of drug-likeness (QED) is 0.125. The molecule has 1 aromatic rings. The summed E-state index contributed by atoms with van der Waals surface area (Å²) in [6.45, 7) is -1.10. The fraction of sp³-hybridized carbons (Fsp3) is 0.591. The summed E-state index contributed by atoms with van der Waals surface area (Å²) >= 11 is 0. The van der Waals surface area contributed by atoms with Gasteiger partial charge in [0.15, 0.2) is 17.8 Å². The number of phenols is 2. The van der Waals surface area contributed by atoms with Crippen LogP contribution in [0.15, 0.2) is 30.5 Å². The Kier molecular flexibility index (Phi) is 6.14. The van der Waals surface area contributed by atoms with Crippen LogP contribution in [-0.4, -0.2) is 110 Å². The van der Waals surface area contributed by atoms with Gasteiger partial charge in [-0.25, -0.2) is 4.79 Å². The molecular weight excluding hydrogens is 472 g/mol. The molecule has 7 N–H and O–H groups in total. The second-order valence-electron chi connectivity index (χ2n) is 8.99. The van der Waals surface area contributed by atoms with Crippen LogP contribution in [0.25, 0.3) is 0 Å². The number of phenolic OH excluding ortho intramolecular Hbond substituents is 2. The van der Waals surface area contributed by atoms with Gasteiger partial charge >= 0.3 is 5.97 Å². The van der Waals surface area contributed by atoms with Gasteiger partial charge in [0.25, 0.3) is 0 Å². The molecule has 3 heterocycles. The van der Waals surface area contributed by atoms with E-state index in [2.05, 4.69) is 0 Å². The van der Waals surface area contributed by atoms with E-state index in [0.29, 0.717) is 0 Å². The minimum absolute atomic E-state index is 0.0100. The van der Waals surface area contributed by atoms with E-state index >= 15 is 0 Å². The van der Waals surface area contributed by atoms with Gasteiger partial charge in [-0.2, -0.15) is 0 Å². The van der Waals surface area contributed by atoms with Crippen molar-refractivity contribution in [2.45, 2.75) is 54.8 Å².